The number of carbonyl (C=O) groups is 1. The van der Waals surface area contributed by atoms with Crippen LogP contribution in [0, 0.1) is 16.0 Å². The Kier molecular flexibility index (Phi) is 8.01. The summed E-state index contributed by atoms with van der Waals surface area (Å²) in [7, 11) is 0. The van der Waals surface area contributed by atoms with Gasteiger partial charge in [0, 0.05) is 19.2 Å². The smallest absolute Gasteiger partial charge is 0.308 e. The van der Waals surface area contributed by atoms with Crippen molar-refractivity contribution in [3.05, 3.63) is 28.4 Å². The minimum atomic E-state index is -0.858. The van der Waals surface area contributed by atoms with Gasteiger partial charge in [-0.1, -0.05) is 39.5 Å². The Morgan fingerprint density at radius 2 is 2.04 bits per heavy atom. The molecule has 1 aromatic rings. The van der Waals surface area contributed by atoms with Crippen molar-refractivity contribution in [3.8, 4) is 0 Å². The summed E-state index contributed by atoms with van der Waals surface area (Å²) in [6, 6.07) is 2.98. The van der Waals surface area contributed by atoms with Crippen molar-refractivity contribution in [2.24, 2.45) is 5.92 Å². The molecule has 0 fully saturated rings. The van der Waals surface area contributed by atoms with Crippen LogP contribution in [0.3, 0.4) is 0 Å². The predicted octanol–water partition coefficient (Wildman–Crippen LogP) is 3.49. The van der Waals surface area contributed by atoms with Gasteiger partial charge in [-0.15, -0.1) is 0 Å². The van der Waals surface area contributed by atoms with Crippen LogP contribution in [0.4, 0.5) is 11.5 Å². The van der Waals surface area contributed by atoms with Gasteiger partial charge < -0.3 is 10.0 Å². The Balaban J connectivity index is 2.72. The van der Waals surface area contributed by atoms with Gasteiger partial charge in [-0.3, -0.25) is 14.9 Å². The second kappa shape index (κ2) is 9.76. The highest BCUT2D eigenvalue weighted by atomic mass is 16.6. The quantitative estimate of drug-likeness (QED) is 0.380. The molecule has 0 amide bonds. The number of rotatable bonds is 11. The zero-order chi connectivity index (χ0) is 17.2. The SMILES string of the molecule is CCCCCCCN(CC(C)C(=O)O)c1ccc([N+](=O)[O-])cn1. The molecule has 1 unspecified atom stereocenters. The van der Waals surface area contributed by atoms with Gasteiger partial charge in [0.25, 0.3) is 5.69 Å². The third-order valence-corrected chi connectivity index (χ3v) is 3.71. The van der Waals surface area contributed by atoms with Gasteiger partial charge in [0.15, 0.2) is 0 Å². The Labute approximate surface area is 136 Å². The Morgan fingerprint density at radius 3 is 2.57 bits per heavy atom. The molecule has 1 N–H and O–H groups in total. The average molecular weight is 323 g/mol. The zero-order valence-electron chi connectivity index (χ0n) is 13.8. The Hall–Kier alpha value is -2.18. The van der Waals surface area contributed by atoms with E-state index in [0.29, 0.717) is 18.9 Å². The molecule has 128 valence electrons. The van der Waals surface area contributed by atoms with Crippen molar-refractivity contribution < 1.29 is 14.8 Å². The van der Waals surface area contributed by atoms with E-state index in [2.05, 4.69) is 11.9 Å². The summed E-state index contributed by atoms with van der Waals surface area (Å²) in [6.45, 7) is 4.85. The van der Waals surface area contributed by atoms with Crippen LogP contribution in [0.2, 0.25) is 0 Å². The van der Waals surface area contributed by atoms with Gasteiger partial charge in [-0.25, -0.2) is 4.98 Å². The largest absolute Gasteiger partial charge is 0.481 e. The average Bonchev–Trinajstić information content (AvgIpc) is 2.53. The van der Waals surface area contributed by atoms with E-state index >= 15 is 0 Å². The summed E-state index contributed by atoms with van der Waals surface area (Å²) >= 11 is 0. The van der Waals surface area contributed by atoms with E-state index in [1.165, 1.54) is 25.1 Å². The molecule has 1 rings (SSSR count). The van der Waals surface area contributed by atoms with Crippen LogP contribution in [-0.2, 0) is 4.79 Å². The van der Waals surface area contributed by atoms with Gasteiger partial charge in [0.05, 0.1) is 10.8 Å². The number of unbranched alkanes of at least 4 members (excludes halogenated alkanes) is 4. The maximum Gasteiger partial charge on any atom is 0.308 e. The predicted molar refractivity (Wildman–Crippen MR) is 88.7 cm³/mol. The number of hydrogen-bond acceptors (Lipinski definition) is 5. The summed E-state index contributed by atoms with van der Waals surface area (Å²) in [5.41, 5.74) is -0.0667. The normalized spacial score (nSPS) is 11.9. The van der Waals surface area contributed by atoms with E-state index in [1.807, 2.05) is 4.90 Å². The van der Waals surface area contributed by atoms with Crippen LogP contribution in [0.1, 0.15) is 46.0 Å². The lowest BCUT2D eigenvalue weighted by Gasteiger charge is -2.25. The van der Waals surface area contributed by atoms with Crippen molar-refractivity contribution in [1.29, 1.82) is 0 Å². The monoisotopic (exact) mass is 323 g/mol. The molecule has 0 aromatic carbocycles. The molecule has 7 nitrogen and oxygen atoms in total. The Morgan fingerprint density at radius 1 is 1.35 bits per heavy atom. The van der Waals surface area contributed by atoms with Gasteiger partial charge in [-0.05, 0) is 12.5 Å². The molecule has 0 bridgehead atoms. The number of pyridine rings is 1. The fourth-order valence-corrected chi connectivity index (χ4v) is 2.29. The molecule has 0 saturated heterocycles. The van der Waals surface area contributed by atoms with Crippen LogP contribution < -0.4 is 4.90 Å². The number of carboxylic acids is 1. The number of anilines is 1. The number of hydrogen-bond donors (Lipinski definition) is 1. The highest BCUT2D eigenvalue weighted by Gasteiger charge is 2.18. The number of aliphatic carboxylic acids is 1. The zero-order valence-corrected chi connectivity index (χ0v) is 13.8. The maximum atomic E-state index is 11.1. The van der Waals surface area contributed by atoms with Gasteiger partial charge in [0.2, 0.25) is 0 Å². The number of aromatic nitrogens is 1. The van der Waals surface area contributed by atoms with Crippen molar-refractivity contribution in [2.75, 3.05) is 18.0 Å². The third kappa shape index (κ3) is 6.63. The van der Waals surface area contributed by atoms with E-state index in [-0.39, 0.29) is 5.69 Å². The molecule has 0 aliphatic heterocycles. The van der Waals surface area contributed by atoms with Gasteiger partial charge in [0.1, 0.15) is 12.0 Å². The first kappa shape index (κ1) is 18.9. The van der Waals surface area contributed by atoms with E-state index in [1.54, 1.807) is 13.0 Å². The number of nitro groups is 1. The first-order valence-electron chi connectivity index (χ1n) is 8.04. The molecule has 1 heterocycles. The lowest BCUT2D eigenvalue weighted by Crippen LogP contribution is -2.33. The van der Waals surface area contributed by atoms with Crippen LogP contribution in [0.25, 0.3) is 0 Å². The van der Waals surface area contributed by atoms with Crippen molar-refractivity contribution in [1.82, 2.24) is 4.98 Å². The first-order valence-corrected chi connectivity index (χ1v) is 8.04. The lowest BCUT2D eigenvalue weighted by molar-refractivity contribution is -0.385. The molecular formula is C16H25N3O4. The van der Waals surface area contributed by atoms with E-state index in [4.69, 9.17) is 5.11 Å². The third-order valence-electron chi connectivity index (χ3n) is 3.71. The molecule has 0 radical (unpaired) electrons. The minimum Gasteiger partial charge on any atom is -0.481 e. The molecule has 0 aliphatic rings. The number of carboxylic acid groups (broad SMARTS) is 1. The molecule has 0 spiro atoms. The van der Waals surface area contributed by atoms with Crippen LogP contribution in [0.15, 0.2) is 18.3 Å². The van der Waals surface area contributed by atoms with E-state index in [9.17, 15) is 14.9 Å². The molecule has 1 aromatic heterocycles. The number of nitrogens with zero attached hydrogens (tertiary/aromatic N) is 3. The van der Waals surface area contributed by atoms with Gasteiger partial charge in [-0.2, -0.15) is 0 Å². The lowest BCUT2D eigenvalue weighted by atomic mass is 10.1. The molecule has 0 aliphatic carbocycles. The summed E-state index contributed by atoms with van der Waals surface area (Å²) in [5, 5.41) is 19.8. The summed E-state index contributed by atoms with van der Waals surface area (Å²) in [5.74, 6) is -0.801. The molecule has 1 atom stereocenters. The van der Waals surface area contributed by atoms with Crippen LogP contribution >= 0.6 is 0 Å². The fraction of sp³-hybridized carbons (Fsp3) is 0.625. The van der Waals surface area contributed by atoms with Crippen molar-refractivity contribution in [2.45, 2.75) is 46.0 Å². The van der Waals surface area contributed by atoms with Gasteiger partial charge >= 0.3 is 5.97 Å². The topological polar surface area (TPSA) is 96.6 Å². The molecule has 0 saturated carbocycles. The van der Waals surface area contributed by atoms with E-state index < -0.39 is 16.8 Å². The standard InChI is InChI=1S/C16H25N3O4/c1-3-4-5-6-7-10-18(12-13(2)16(20)21)15-9-8-14(11-17-15)19(22)23/h8-9,11,13H,3-7,10,12H2,1-2H3,(H,20,21). The molecular weight excluding hydrogens is 298 g/mol. The highest BCUT2D eigenvalue weighted by Crippen LogP contribution is 2.18. The minimum absolute atomic E-state index is 0.0667. The Bertz CT molecular complexity index is 505. The fourth-order valence-electron chi connectivity index (χ4n) is 2.29. The maximum absolute atomic E-state index is 11.1. The second-order valence-corrected chi connectivity index (χ2v) is 5.73. The van der Waals surface area contributed by atoms with E-state index in [0.717, 1.165) is 19.3 Å². The molecule has 23 heavy (non-hydrogen) atoms. The second-order valence-electron chi connectivity index (χ2n) is 5.73. The first-order chi connectivity index (χ1) is 11.0. The summed E-state index contributed by atoms with van der Waals surface area (Å²) < 4.78 is 0. The highest BCUT2D eigenvalue weighted by molar-refractivity contribution is 5.70. The van der Waals surface area contributed by atoms with Crippen molar-refractivity contribution in [3.63, 3.8) is 0 Å². The summed E-state index contributed by atoms with van der Waals surface area (Å²) in [4.78, 5) is 27.3. The van der Waals surface area contributed by atoms with Crippen molar-refractivity contribution >= 4 is 17.5 Å². The van der Waals surface area contributed by atoms with Crippen LogP contribution in [0.5, 0.6) is 0 Å². The molecule has 7 heteroatoms. The summed E-state index contributed by atoms with van der Waals surface area (Å²) in [6.07, 6.45) is 6.77. The van der Waals surface area contributed by atoms with Crippen LogP contribution in [-0.4, -0.2) is 34.1 Å².